The van der Waals surface area contributed by atoms with Gasteiger partial charge in [-0.1, -0.05) is 5.16 Å². The van der Waals surface area contributed by atoms with Gasteiger partial charge in [-0.2, -0.15) is 8.42 Å². The highest BCUT2D eigenvalue weighted by molar-refractivity contribution is 7.84. The van der Waals surface area contributed by atoms with E-state index in [0.717, 1.165) is 16.2 Å². The molecule has 3 heterocycles. The third-order valence-corrected chi connectivity index (χ3v) is 8.77. The summed E-state index contributed by atoms with van der Waals surface area (Å²) in [6.45, 7) is -0.0361. The van der Waals surface area contributed by atoms with Crippen LogP contribution in [0.15, 0.2) is 10.5 Å². The van der Waals surface area contributed by atoms with Crippen LogP contribution in [0.3, 0.4) is 0 Å². The van der Waals surface area contributed by atoms with Crippen LogP contribution in [0.5, 0.6) is 0 Å². The number of oxime groups is 1. The molecule has 4 rings (SSSR count). The summed E-state index contributed by atoms with van der Waals surface area (Å²) in [7, 11) is -5.04. The summed E-state index contributed by atoms with van der Waals surface area (Å²) in [6, 6.07) is -1.33. The van der Waals surface area contributed by atoms with Gasteiger partial charge in [-0.3, -0.25) is 18.9 Å². The zero-order valence-electron chi connectivity index (χ0n) is 22.2. The number of carbonyl (C=O) groups is 5. The molecule has 2 aliphatic heterocycles. The van der Waals surface area contributed by atoms with Crippen LogP contribution < -0.4 is 11.5 Å². The Labute approximate surface area is 243 Å². The number of hydrogen-bond donors (Lipinski definition) is 4. The zero-order valence-corrected chi connectivity index (χ0v) is 23.8. The van der Waals surface area contributed by atoms with E-state index in [-0.39, 0.29) is 53.1 Å². The normalized spacial score (nSPS) is 23.4. The lowest BCUT2D eigenvalue weighted by Gasteiger charge is -2.45. The number of cyclic esters (lactones) is 1. The molecule has 42 heavy (non-hydrogen) atoms. The first-order valence-electron chi connectivity index (χ1n) is 13.0. The van der Waals surface area contributed by atoms with Crippen LogP contribution in [0.1, 0.15) is 50.6 Å². The summed E-state index contributed by atoms with van der Waals surface area (Å²) >= 11 is 0.969. The fourth-order valence-electron chi connectivity index (χ4n) is 4.65. The third-order valence-electron chi connectivity index (χ3n) is 7.15. The number of Topliss-reactive ketones (excluding diaryl/α,β-unsaturated/α-hetero) is 2. The second-order valence-corrected chi connectivity index (χ2v) is 12.4. The van der Waals surface area contributed by atoms with Crippen molar-refractivity contribution < 1.29 is 51.6 Å². The molecule has 0 aromatic carbocycles. The van der Waals surface area contributed by atoms with Crippen LogP contribution in [-0.4, -0.2) is 105 Å². The Morgan fingerprint density at radius 2 is 1.98 bits per heavy atom. The van der Waals surface area contributed by atoms with Crippen molar-refractivity contribution in [1.82, 2.24) is 14.2 Å². The molecule has 1 aliphatic carbocycles. The van der Waals surface area contributed by atoms with E-state index in [1.807, 2.05) is 0 Å². The number of ketones is 2. The van der Waals surface area contributed by atoms with Gasteiger partial charge in [-0.15, -0.1) is 11.3 Å². The van der Waals surface area contributed by atoms with Crippen LogP contribution in [0.4, 0.5) is 9.93 Å². The Kier molecular flexibility index (Phi) is 9.14. The molecule has 1 aromatic rings. The Bertz CT molecular complexity index is 1410. The van der Waals surface area contributed by atoms with Gasteiger partial charge >= 0.3 is 22.4 Å². The molecule has 3 aliphatic rings. The summed E-state index contributed by atoms with van der Waals surface area (Å²) in [5.41, 5.74) is 9.01. The predicted molar refractivity (Wildman–Crippen MR) is 143 cm³/mol. The second-order valence-electron chi connectivity index (χ2n) is 10.2. The fourth-order valence-corrected chi connectivity index (χ4v) is 6.12. The summed E-state index contributed by atoms with van der Waals surface area (Å²) in [5.74, 6) is -4.55. The third kappa shape index (κ3) is 6.85. The van der Waals surface area contributed by atoms with Crippen molar-refractivity contribution in [1.29, 1.82) is 0 Å². The van der Waals surface area contributed by atoms with E-state index in [1.165, 1.54) is 5.38 Å². The summed E-state index contributed by atoms with van der Waals surface area (Å²) in [6.07, 6.45) is -0.574. The molecule has 230 valence electrons. The van der Waals surface area contributed by atoms with Crippen molar-refractivity contribution >= 4 is 62.0 Å². The number of amides is 2. The maximum Gasteiger partial charge on any atom is 0.410 e. The van der Waals surface area contributed by atoms with Gasteiger partial charge in [0.05, 0.1) is 18.5 Å². The highest BCUT2D eigenvalue weighted by Crippen LogP contribution is 2.40. The molecule has 0 radical (unpaired) electrons. The zero-order chi connectivity index (χ0) is 30.8. The lowest BCUT2D eigenvalue weighted by Crippen LogP contribution is -2.66. The topological polar surface area (TPSA) is 262 Å². The first-order valence-corrected chi connectivity index (χ1v) is 15.3. The molecule has 2 saturated heterocycles. The Hall–Kier alpha value is -3.68. The monoisotopic (exact) mass is 630 g/mol. The highest BCUT2D eigenvalue weighted by Gasteiger charge is 2.56. The highest BCUT2D eigenvalue weighted by atomic mass is 32.2. The van der Waals surface area contributed by atoms with Crippen LogP contribution in [0, 0.1) is 5.92 Å². The Morgan fingerprint density at radius 3 is 2.55 bits per heavy atom. The predicted octanol–water partition coefficient (Wildman–Crippen LogP) is -0.439. The molecular formula is C23H30N6O11S2. The molecule has 3 fully saturated rings. The first-order chi connectivity index (χ1) is 19.8. The minimum absolute atomic E-state index is 0.0103. The largest absolute Gasteiger partial charge is 0.478 e. The lowest BCUT2D eigenvalue weighted by atomic mass is 9.84. The number of nitrogen functional groups attached to an aromatic ring is 1. The smallest absolute Gasteiger partial charge is 0.410 e. The van der Waals surface area contributed by atoms with Crippen molar-refractivity contribution in [3.05, 3.63) is 11.1 Å². The van der Waals surface area contributed by atoms with Gasteiger partial charge in [0.25, 0.3) is 0 Å². The molecule has 1 saturated carbocycles. The molecule has 0 unspecified atom stereocenters. The maximum atomic E-state index is 13.3. The van der Waals surface area contributed by atoms with Gasteiger partial charge in [0.2, 0.25) is 11.5 Å². The van der Waals surface area contributed by atoms with Crippen LogP contribution in [0.25, 0.3) is 0 Å². The fraction of sp³-hybridized carbons (Fsp3) is 0.609. The van der Waals surface area contributed by atoms with Crippen molar-refractivity contribution in [3.8, 4) is 0 Å². The van der Waals surface area contributed by atoms with E-state index in [1.54, 1.807) is 0 Å². The minimum atomic E-state index is -5.04. The molecule has 1 aromatic heterocycles. The Balaban J connectivity index is 1.47. The molecule has 19 heteroatoms. The lowest BCUT2D eigenvalue weighted by molar-refractivity contribution is -0.153. The maximum absolute atomic E-state index is 13.3. The number of hydrogen-bond acceptors (Lipinski definition) is 14. The van der Waals surface area contributed by atoms with Crippen LogP contribution >= 0.6 is 11.3 Å². The van der Waals surface area contributed by atoms with E-state index in [9.17, 15) is 42.0 Å². The number of carboxylic acid groups (broad SMARTS) is 1. The molecule has 2 amide bonds. The Morgan fingerprint density at radius 1 is 1.26 bits per heavy atom. The number of ether oxygens (including phenoxy) is 1. The van der Waals surface area contributed by atoms with Gasteiger partial charge in [0, 0.05) is 44.0 Å². The van der Waals surface area contributed by atoms with Gasteiger partial charge in [0.1, 0.15) is 17.6 Å². The van der Waals surface area contributed by atoms with Crippen LogP contribution in [-0.2, 0) is 39.1 Å². The van der Waals surface area contributed by atoms with Crippen LogP contribution in [0.2, 0.25) is 0 Å². The molecule has 17 nitrogen and oxygen atoms in total. The molecule has 3 atom stereocenters. The second kappa shape index (κ2) is 12.3. The number of carbonyl (C=O) groups excluding carboxylic acids is 4. The van der Waals surface area contributed by atoms with E-state index in [0.29, 0.717) is 19.4 Å². The molecular weight excluding hydrogens is 600 g/mol. The average molecular weight is 631 g/mol. The number of carboxylic acids is 1. The number of β-lactam (4-membered cyclic amide) rings is 1. The SMILES string of the molecule is NCCCC(=O)CC[C@@H]1CN(C[C@@H]2[C@H](CC(=O)/C(=N\OC3(C(=O)O)CC3)c3csc(N)n3)C(=O)N2S(=O)(=O)O)C(=O)O1. The summed E-state index contributed by atoms with van der Waals surface area (Å²) in [5, 5.41) is 14.5. The molecule has 6 N–H and O–H groups in total. The number of anilines is 1. The summed E-state index contributed by atoms with van der Waals surface area (Å²) in [4.78, 5) is 72.3. The number of rotatable bonds is 16. The number of aromatic nitrogens is 1. The number of thiazole rings is 1. The average Bonchev–Trinajstić information content (AvgIpc) is 3.47. The number of nitrogens with zero attached hydrogens (tertiary/aromatic N) is 4. The van der Waals surface area contributed by atoms with E-state index < -0.39 is 76.4 Å². The first kappa shape index (κ1) is 31.3. The van der Waals surface area contributed by atoms with Gasteiger partial charge in [-0.05, 0) is 19.4 Å². The number of nitrogens with two attached hydrogens (primary N) is 2. The molecule has 0 bridgehead atoms. The quantitative estimate of drug-likeness (QED) is 0.0781. The number of aliphatic carboxylic acids is 1. The van der Waals surface area contributed by atoms with Crippen molar-refractivity contribution in [3.63, 3.8) is 0 Å². The van der Waals surface area contributed by atoms with Crippen molar-refractivity contribution in [2.24, 2.45) is 16.8 Å². The summed E-state index contributed by atoms with van der Waals surface area (Å²) < 4.78 is 39.0. The van der Waals surface area contributed by atoms with Gasteiger partial charge in [0.15, 0.2) is 16.6 Å². The minimum Gasteiger partial charge on any atom is -0.478 e. The van der Waals surface area contributed by atoms with E-state index in [4.69, 9.17) is 21.0 Å². The van der Waals surface area contributed by atoms with E-state index in [2.05, 4.69) is 10.1 Å². The van der Waals surface area contributed by atoms with E-state index >= 15 is 0 Å². The standard InChI is InChI=1S/C23H30N6O11S2/c24-7-1-2-12(30)3-4-13-9-28(22(35)39-13)10-16-14(19(32)29(16)42(36,37)38)8-17(31)18(15-11-41-21(25)26-15)27-40-23(5-6-23)20(33)34/h11,13-14,16H,1-10,24H2,(H2,25,26)(H,33,34)(H,36,37,38)/b27-18-/t13-,14+,16-/m1/s1. The van der Waals surface area contributed by atoms with Gasteiger partial charge in [-0.25, -0.2) is 18.9 Å². The van der Waals surface area contributed by atoms with Crippen molar-refractivity contribution in [2.45, 2.75) is 62.7 Å². The molecule has 0 spiro atoms. The van der Waals surface area contributed by atoms with Gasteiger partial charge < -0.3 is 31.0 Å². The van der Waals surface area contributed by atoms with Crippen molar-refractivity contribution in [2.75, 3.05) is 25.4 Å².